The summed E-state index contributed by atoms with van der Waals surface area (Å²) in [6.07, 6.45) is 3.11. The molecule has 0 bridgehead atoms. The molecular weight excluding hydrogens is 306 g/mol. The third kappa shape index (κ3) is 3.13. The number of rotatable bonds is 4. The second-order valence-corrected chi connectivity index (χ2v) is 6.17. The maximum absolute atomic E-state index is 12.7. The van der Waals surface area contributed by atoms with Gasteiger partial charge in [-0.2, -0.15) is 0 Å². The van der Waals surface area contributed by atoms with Crippen LogP contribution in [0.15, 0.2) is 29.0 Å². The summed E-state index contributed by atoms with van der Waals surface area (Å²) in [6.45, 7) is 6.45. The van der Waals surface area contributed by atoms with E-state index in [2.05, 4.69) is 4.98 Å². The molecule has 24 heavy (non-hydrogen) atoms. The molecule has 1 saturated heterocycles. The van der Waals surface area contributed by atoms with E-state index >= 15 is 0 Å². The molecule has 1 aliphatic rings. The maximum Gasteiger partial charge on any atom is 0.254 e. The van der Waals surface area contributed by atoms with Gasteiger partial charge in [0.15, 0.2) is 12.0 Å². The molecule has 2 aromatic rings. The van der Waals surface area contributed by atoms with Gasteiger partial charge in [0.25, 0.3) is 5.91 Å². The van der Waals surface area contributed by atoms with Crippen LogP contribution in [0.1, 0.15) is 37.0 Å². The third-order valence-electron chi connectivity index (χ3n) is 4.79. The molecule has 1 aromatic heterocycles. The number of nitrogens with zero attached hydrogens (tertiary/aromatic N) is 3. The van der Waals surface area contributed by atoms with Gasteiger partial charge < -0.3 is 14.2 Å². The molecule has 0 atom stereocenters. The molecule has 6 nitrogen and oxygen atoms in total. The van der Waals surface area contributed by atoms with E-state index in [9.17, 15) is 9.59 Å². The average Bonchev–Trinajstić information content (AvgIpc) is 3.10. The second-order valence-electron chi connectivity index (χ2n) is 6.17. The van der Waals surface area contributed by atoms with E-state index in [0.717, 1.165) is 12.8 Å². The Labute approximate surface area is 141 Å². The Hall–Kier alpha value is -2.37. The molecule has 0 N–H and O–H groups in total. The summed E-state index contributed by atoms with van der Waals surface area (Å²) < 4.78 is 5.20. The van der Waals surface area contributed by atoms with Gasteiger partial charge in [-0.05, 0) is 31.0 Å². The highest BCUT2D eigenvalue weighted by atomic mass is 16.3. The lowest BCUT2D eigenvalue weighted by Crippen LogP contribution is -2.51. The van der Waals surface area contributed by atoms with Crippen molar-refractivity contribution in [3.63, 3.8) is 0 Å². The van der Waals surface area contributed by atoms with Gasteiger partial charge in [-0.1, -0.05) is 13.8 Å². The SMILES string of the molecule is CCC(CC)C(=O)N1CCN(C(=O)c2ccc3ocnc3c2)CC1. The van der Waals surface area contributed by atoms with Crippen LogP contribution in [0.2, 0.25) is 0 Å². The molecule has 0 saturated carbocycles. The lowest BCUT2D eigenvalue weighted by atomic mass is 10.0. The molecule has 0 spiro atoms. The van der Waals surface area contributed by atoms with Crippen molar-refractivity contribution in [2.24, 2.45) is 5.92 Å². The lowest BCUT2D eigenvalue weighted by Gasteiger charge is -2.36. The zero-order chi connectivity index (χ0) is 17.1. The second kappa shape index (κ2) is 7.03. The number of benzene rings is 1. The Morgan fingerprint density at radius 3 is 2.46 bits per heavy atom. The summed E-state index contributed by atoms with van der Waals surface area (Å²) in [5.41, 5.74) is 1.96. The molecule has 128 valence electrons. The predicted octanol–water partition coefficient (Wildman–Crippen LogP) is 2.55. The van der Waals surface area contributed by atoms with Gasteiger partial charge in [-0.15, -0.1) is 0 Å². The first-order valence-electron chi connectivity index (χ1n) is 8.55. The number of amides is 2. The fraction of sp³-hybridized carbons (Fsp3) is 0.500. The van der Waals surface area contributed by atoms with Crippen LogP contribution in [0.25, 0.3) is 11.1 Å². The van der Waals surface area contributed by atoms with Gasteiger partial charge in [0.05, 0.1) is 0 Å². The molecule has 1 fully saturated rings. The summed E-state index contributed by atoms with van der Waals surface area (Å²) in [7, 11) is 0. The predicted molar refractivity (Wildman–Crippen MR) is 90.6 cm³/mol. The minimum Gasteiger partial charge on any atom is -0.443 e. The van der Waals surface area contributed by atoms with Crippen LogP contribution in [0, 0.1) is 5.92 Å². The molecule has 0 aliphatic carbocycles. The van der Waals surface area contributed by atoms with Crippen LogP contribution >= 0.6 is 0 Å². The van der Waals surface area contributed by atoms with Crippen molar-refractivity contribution in [1.82, 2.24) is 14.8 Å². The number of carbonyl (C=O) groups excluding carboxylic acids is 2. The number of aromatic nitrogens is 1. The molecule has 0 unspecified atom stereocenters. The summed E-state index contributed by atoms with van der Waals surface area (Å²) in [5, 5.41) is 0. The topological polar surface area (TPSA) is 66.7 Å². The first kappa shape index (κ1) is 16.5. The van der Waals surface area contributed by atoms with Gasteiger partial charge in [-0.25, -0.2) is 4.98 Å². The van der Waals surface area contributed by atoms with Crippen LogP contribution in [-0.4, -0.2) is 52.8 Å². The van der Waals surface area contributed by atoms with Crippen molar-refractivity contribution in [2.75, 3.05) is 26.2 Å². The molecule has 1 aliphatic heterocycles. The Morgan fingerprint density at radius 2 is 1.79 bits per heavy atom. The highest BCUT2D eigenvalue weighted by molar-refractivity contribution is 5.97. The minimum atomic E-state index is -0.0190. The Bertz CT molecular complexity index is 728. The van der Waals surface area contributed by atoms with E-state index in [1.54, 1.807) is 23.1 Å². The molecule has 2 amide bonds. The van der Waals surface area contributed by atoms with Crippen LogP contribution in [0.3, 0.4) is 0 Å². The summed E-state index contributed by atoms with van der Waals surface area (Å²) in [5.74, 6) is 0.299. The number of carbonyl (C=O) groups is 2. The fourth-order valence-corrected chi connectivity index (χ4v) is 3.20. The van der Waals surface area contributed by atoms with E-state index in [1.807, 2.05) is 18.7 Å². The van der Waals surface area contributed by atoms with Crippen molar-refractivity contribution < 1.29 is 14.0 Å². The molecule has 1 aromatic carbocycles. The van der Waals surface area contributed by atoms with E-state index in [0.29, 0.717) is 42.8 Å². The van der Waals surface area contributed by atoms with Gasteiger partial charge in [0.2, 0.25) is 5.91 Å². The zero-order valence-corrected chi connectivity index (χ0v) is 14.2. The first-order valence-corrected chi connectivity index (χ1v) is 8.55. The molecule has 6 heteroatoms. The molecule has 0 radical (unpaired) electrons. The standard InChI is InChI=1S/C18H23N3O3/c1-3-13(4-2)17(22)20-7-9-21(10-8-20)18(23)14-5-6-16-15(11-14)19-12-24-16/h5-6,11-13H,3-4,7-10H2,1-2H3. The summed E-state index contributed by atoms with van der Waals surface area (Å²) >= 11 is 0. The number of fused-ring (bicyclic) bond motifs is 1. The highest BCUT2D eigenvalue weighted by Gasteiger charge is 2.27. The smallest absolute Gasteiger partial charge is 0.254 e. The van der Waals surface area contributed by atoms with Crippen LogP contribution in [-0.2, 0) is 4.79 Å². The first-order chi connectivity index (χ1) is 11.6. The van der Waals surface area contributed by atoms with E-state index < -0.39 is 0 Å². The van der Waals surface area contributed by atoms with Crippen molar-refractivity contribution in [1.29, 1.82) is 0 Å². The van der Waals surface area contributed by atoms with Gasteiger partial charge in [-0.3, -0.25) is 9.59 Å². The Kier molecular flexibility index (Phi) is 4.83. The summed E-state index contributed by atoms with van der Waals surface area (Å²) in [6, 6.07) is 5.28. The van der Waals surface area contributed by atoms with Crippen LogP contribution in [0.5, 0.6) is 0 Å². The van der Waals surface area contributed by atoms with Gasteiger partial charge in [0.1, 0.15) is 5.52 Å². The average molecular weight is 329 g/mol. The van der Waals surface area contributed by atoms with Gasteiger partial charge >= 0.3 is 0 Å². The van der Waals surface area contributed by atoms with E-state index in [4.69, 9.17) is 4.42 Å². The van der Waals surface area contributed by atoms with Crippen molar-refractivity contribution in [2.45, 2.75) is 26.7 Å². The van der Waals surface area contributed by atoms with Crippen molar-refractivity contribution in [3.8, 4) is 0 Å². The minimum absolute atomic E-state index is 0.0190. The van der Waals surface area contributed by atoms with Crippen molar-refractivity contribution in [3.05, 3.63) is 30.2 Å². The number of hydrogen-bond acceptors (Lipinski definition) is 4. The van der Waals surface area contributed by atoms with Crippen LogP contribution in [0.4, 0.5) is 0 Å². The largest absolute Gasteiger partial charge is 0.443 e. The van der Waals surface area contributed by atoms with Crippen LogP contribution < -0.4 is 0 Å². The van der Waals surface area contributed by atoms with E-state index in [-0.39, 0.29) is 17.7 Å². The van der Waals surface area contributed by atoms with Gasteiger partial charge in [0, 0.05) is 37.7 Å². The zero-order valence-electron chi connectivity index (χ0n) is 14.2. The Morgan fingerprint density at radius 1 is 1.12 bits per heavy atom. The lowest BCUT2D eigenvalue weighted by molar-refractivity contribution is -0.137. The number of hydrogen-bond donors (Lipinski definition) is 0. The normalized spacial score (nSPS) is 15.3. The third-order valence-corrected chi connectivity index (χ3v) is 4.79. The highest BCUT2D eigenvalue weighted by Crippen LogP contribution is 2.18. The van der Waals surface area contributed by atoms with Crippen molar-refractivity contribution >= 4 is 22.9 Å². The number of oxazole rings is 1. The molecule has 2 heterocycles. The fourth-order valence-electron chi connectivity index (χ4n) is 3.20. The number of piperazine rings is 1. The van der Waals surface area contributed by atoms with E-state index in [1.165, 1.54) is 6.39 Å². The quantitative estimate of drug-likeness (QED) is 0.864. The molecule has 3 rings (SSSR count). The maximum atomic E-state index is 12.7. The monoisotopic (exact) mass is 329 g/mol. The summed E-state index contributed by atoms with van der Waals surface area (Å²) in [4.78, 5) is 32.9. The molecular formula is C18H23N3O3. The Balaban J connectivity index is 1.63.